The van der Waals surface area contributed by atoms with Gasteiger partial charge in [-0.2, -0.15) is 0 Å². The fraction of sp³-hybridized carbons (Fsp3) is 0.409. The molecule has 144 valence electrons. The molecule has 2 N–H and O–H groups in total. The summed E-state index contributed by atoms with van der Waals surface area (Å²) in [5.41, 5.74) is 2.62. The monoisotopic (exact) mass is 368 g/mol. The average Bonchev–Trinajstić information content (AvgIpc) is 3.41. The van der Waals surface area contributed by atoms with Gasteiger partial charge in [0.25, 0.3) is 0 Å². The number of carbonyl (C=O) groups excluding carboxylic acids is 1. The van der Waals surface area contributed by atoms with E-state index in [1.165, 1.54) is 17.5 Å². The molecular weight excluding hydrogens is 340 g/mol. The number of rotatable bonds is 4. The molecule has 2 aromatic carbocycles. The van der Waals surface area contributed by atoms with Crippen molar-refractivity contribution in [1.82, 2.24) is 10.6 Å². The maximum atomic E-state index is 11.0. The molecule has 2 unspecified atom stereocenters. The van der Waals surface area contributed by atoms with Crippen LogP contribution < -0.4 is 20.1 Å². The quantitative estimate of drug-likeness (QED) is 0.871. The van der Waals surface area contributed by atoms with Gasteiger partial charge in [-0.25, -0.2) is 0 Å². The highest BCUT2D eigenvalue weighted by Crippen LogP contribution is 2.25. The molecule has 2 fully saturated rings. The molecule has 27 heavy (non-hydrogen) atoms. The van der Waals surface area contributed by atoms with Gasteiger partial charge in [0.15, 0.2) is 0 Å². The van der Waals surface area contributed by atoms with Crippen LogP contribution >= 0.6 is 0 Å². The molecule has 1 amide bonds. The summed E-state index contributed by atoms with van der Waals surface area (Å²) in [6.07, 6.45) is 1.86. The number of methoxy groups -OCH3 is 2. The van der Waals surface area contributed by atoms with Crippen LogP contribution in [0.5, 0.6) is 11.5 Å². The van der Waals surface area contributed by atoms with Crippen LogP contribution in [0.1, 0.15) is 35.8 Å². The zero-order chi connectivity index (χ0) is 19.1. The summed E-state index contributed by atoms with van der Waals surface area (Å²) in [5.74, 6) is 2.96. The molecule has 2 aliphatic rings. The van der Waals surface area contributed by atoms with Crippen molar-refractivity contribution in [2.75, 3.05) is 33.9 Å². The molecule has 2 saturated heterocycles. The molecule has 0 spiro atoms. The molecular formula is C22H28N2O3. The van der Waals surface area contributed by atoms with Gasteiger partial charge in [-0.05, 0) is 54.3 Å². The van der Waals surface area contributed by atoms with Gasteiger partial charge in [-0.15, -0.1) is 0 Å². The zero-order valence-electron chi connectivity index (χ0n) is 16.0. The molecule has 2 heterocycles. The minimum Gasteiger partial charge on any atom is -0.497 e. The van der Waals surface area contributed by atoms with Crippen molar-refractivity contribution in [2.24, 2.45) is 0 Å². The SMILES string of the molecule is COc1ccc(C2CCNC2)cc1.COc1ccc(C2CNC(=O)C2)cc1. The number of nitrogens with one attached hydrogen (secondary N) is 2. The summed E-state index contributed by atoms with van der Waals surface area (Å²) in [5, 5.41) is 6.19. The first-order valence-electron chi connectivity index (χ1n) is 9.45. The van der Waals surface area contributed by atoms with E-state index in [4.69, 9.17) is 9.47 Å². The van der Waals surface area contributed by atoms with E-state index in [-0.39, 0.29) is 5.91 Å². The van der Waals surface area contributed by atoms with E-state index in [0.29, 0.717) is 18.3 Å². The van der Waals surface area contributed by atoms with E-state index < -0.39 is 0 Å². The lowest BCUT2D eigenvalue weighted by molar-refractivity contribution is -0.119. The molecule has 0 radical (unpaired) electrons. The largest absolute Gasteiger partial charge is 0.497 e. The third kappa shape index (κ3) is 5.23. The van der Waals surface area contributed by atoms with E-state index in [1.807, 2.05) is 36.4 Å². The zero-order valence-corrected chi connectivity index (χ0v) is 16.0. The molecule has 2 aromatic rings. The minimum atomic E-state index is 0.144. The number of amides is 1. The van der Waals surface area contributed by atoms with Gasteiger partial charge in [-0.1, -0.05) is 24.3 Å². The summed E-state index contributed by atoms with van der Waals surface area (Å²) in [6, 6.07) is 16.3. The van der Waals surface area contributed by atoms with Crippen LogP contribution in [-0.2, 0) is 4.79 Å². The Bertz CT molecular complexity index is 722. The second kappa shape index (κ2) is 9.42. The highest BCUT2D eigenvalue weighted by molar-refractivity contribution is 5.79. The maximum absolute atomic E-state index is 11.0. The van der Waals surface area contributed by atoms with Gasteiger partial charge < -0.3 is 20.1 Å². The normalized spacial score (nSPS) is 21.2. The van der Waals surface area contributed by atoms with Gasteiger partial charge in [0.2, 0.25) is 5.91 Å². The first-order chi connectivity index (χ1) is 13.2. The predicted octanol–water partition coefficient (Wildman–Crippen LogP) is 3.07. The van der Waals surface area contributed by atoms with E-state index >= 15 is 0 Å². The summed E-state index contributed by atoms with van der Waals surface area (Å²) in [6.45, 7) is 3.02. The summed E-state index contributed by atoms with van der Waals surface area (Å²) in [7, 11) is 3.35. The van der Waals surface area contributed by atoms with Gasteiger partial charge >= 0.3 is 0 Å². The molecule has 0 bridgehead atoms. The Balaban J connectivity index is 0.000000156. The smallest absolute Gasteiger partial charge is 0.220 e. The Morgan fingerprint density at radius 2 is 1.37 bits per heavy atom. The van der Waals surface area contributed by atoms with Gasteiger partial charge in [-0.3, -0.25) is 4.79 Å². The highest BCUT2D eigenvalue weighted by atomic mass is 16.5. The van der Waals surface area contributed by atoms with Crippen LogP contribution in [0.25, 0.3) is 0 Å². The maximum Gasteiger partial charge on any atom is 0.220 e. The van der Waals surface area contributed by atoms with Gasteiger partial charge in [0.05, 0.1) is 14.2 Å². The average molecular weight is 368 g/mol. The standard InChI is InChI=1S/C11H13NO2.C11H15NO/c1-14-10-4-2-8(3-5-10)9-6-11(13)12-7-9;1-13-11-4-2-9(3-5-11)10-6-7-12-8-10/h2-5,9H,6-7H2,1H3,(H,12,13);2-5,10,12H,6-8H2,1H3. The predicted molar refractivity (Wildman–Crippen MR) is 107 cm³/mol. The fourth-order valence-electron chi connectivity index (χ4n) is 3.53. The summed E-state index contributed by atoms with van der Waals surface area (Å²) in [4.78, 5) is 11.0. The van der Waals surface area contributed by atoms with Crippen molar-refractivity contribution in [2.45, 2.75) is 24.7 Å². The van der Waals surface area contributed by atoms with Gasteiger partial charge in [0, 0.05) is 25.4 Å². The third-order valence-electron chi connectivity index (χ3n) is 5.21. The lowest BCUT2D eigenvalue weighted by atomic mass is 9.98. The number of hydrogen-bond acceptors (Lipinski definition) is 4. The number of benzene rings is 2. The molecule has 4 rings (SSSR count). The van der Waals surface area contributed by atoms with E-state index in [2.05, 4.69) is 22.8 Å². The lowest BCUT2D eigenvalue weighted by Gasteiger charge is -2.08. The Labute approximate surface area is 161 Å². The topological polar surface area (TPSA) is 59.6 Å². The molecule has 5 nitrogen and oxygen atoms in total. The van der Waals surface area contributed by atoms with E-state index in [1.54, 1.807) is 14.2 Å². The van der Waals surface area contributed by atoms with Crippen LogP contribution in [-0.4, -0.2) is 39.8 Å². The Hall–Kier alpha value is -2.53. The van der Waals surface area contributed by atoms with Crippen LogP contribution in [0.4, 0.5) is 0 Å². The van der Waals surface area contributed by atoms with Crippen molar-refractivity contribution >= 4 is 5.91 Å². The molecule has 5 heteroatoms. The van der Waals surface area contributed by atoms with Crippen LogP contribution in [0.15, 0.2) is 48.5 Å². The highest BCUT2D eigenvalue weighted by Gasteiger charge is 2.22. The van der Waals surface area contributed by atoms with Crippen LogP contribution in [0, 0.1) is 0 Å². The van der Waals surface area contributed by atoms with Crippen LogP contribution in [0.2, 0.25) is 0 Å². The number of ether oxygens (including phenoxy) is 2. The fourth-order valence-corrected chi connectivity index (χ4v) is 3.53. The number of carbonyl (C=O) groups is 1. The molecule has 0 aromatic heterocycles. The Morgan fingerprint density at radius 3 is 1.78 bits per heavy atom. The Kier molecular flexibility index (Phi) is 6.71. The van der Waals surface area contributed by atoms with E-state index in [0.717, 1.165) is 31.1 Å². The molecule has 2 atom stereocenters. The lowest BCUT2D eigenvalue weighted by Crippen LogP contribution is -2.13. The summed E-state index contributed by atoms with van der Waals surface area (Å²) >= 11 is 0. The van der Waals surface area contributed by atoms with Crippen molar-refractivity contribution in [3.8, 4) is 11.5 Å². The molecule has 0 aliphatic carbocycles. The van der Waals surface area contributed by atoms with Gasteiger partial charge in [0.1, 0.15) is 11.5 Å². The molecule has 2 aliphatic heterocycles. The van der Waals surface area contributed by atoms with Crippen molar-refractivity contribution in [3.05, 3.63) is 59.7 Å². The van der Waals surface area contributed by atoms with Crippen molar-refractivity contribution < 1.29 is 14.3 Å². The second-order valence-electron chi connectivity index (χ2n) is 6.94. The van der Waals surface area contributed by atoms with Crippen molar-refractivity contribution in [1.29, 1.82) is 0 Å². The second-order valence-corrected chi connectivity index (χ2v) is 6.94. The number of hydrogen-bond donors (Lipinski definition) is 2. The minimum absolute atomic E-state index is 0.144. The van der Waals surface area contributed by atoms with Crippen molar-refractivity contribution in [3.63, 3.8) is 0 Å². The molecule has 0 saturated carbocycles. The Morgan fingerprint density at radius 1 is 0.815 bits per heavy atom. The van der Waals surface area contributed by atoms with Crippen LogP contribution in [0.3, 0.4) is 0 Å². The van der Waals surface area contributed by atoms with E-state index in [9.17, 15) is 4.79 Å². The first-order valence-corrected chi connectivity index (χ1v) is 9.45. The first kappa shape index (κ1) is 19.2. The summed E-state index contributed by atoms with van der Waals surface area (Å²) < 4.78 is 10.2. The third-order valence-corrected chi connectivity index (χ3v) is 5.21.